The molecule has 2 saturated carbocycles. The van der Waals surface area contributed by atoms with Crippen LogP contribution in [0.3, 0.4) is 0 Å². The fourth-order valence-corrected chi connectivity index (χ4v) is 6.26. The number of rotatable bonds is 3. The summed E-state index contributed by atoms with van der Waals surface area (Å²) >= 11 is 0. The number of hydrogen-bond donors (Lipinski definition) is 0. The maximum Gasteiger partial charge on any atom is 0.219 e. The molecular formula is C20H28O2Si. The molecule has 0 N–H and O–H groups in total. The Morgan fingerprint density at radius 2 is 2.13 bits per heavy atom. The van der Waals surface area contributed by atoms with Gasteiger partial charge in [0.2, 0.25) is 9.76 Å². The first kappa shape index (κ1) is 15.4. The second kappa shape index (κ2) is 5.77. The number of carbonyl (C=O) groups excluding carboxylic acids is 1. The van der Waals surface area contributed by atoms with Gasteiger partial charge in [0, 0.05) is 11.8 Å². The minimum absolute atomic E-state index is 0.00551. The van der Waals surface area contributed by atoms with Crippen LogP contribution in [-0.2, 0) is 11.2 Å². The highest BCUT2D eigenvalue weighted by molar-refractivity contribution is 6.28. The second-order valence-electron chi connectivity index (χ2n) is 8.04. The Morgan fingerprint density at radius 3 is 2.96 bits per heavy atom. The molecule has 4 atom stereocenters. The first-order chi connectivity index (χ1) is 11.1. The molecular weight excluding hydrogens is 300 g/mol. The molecule has 2 nitrogen and oxygen atoms in total. The van der Waals surface area contributed by atoms with Crippen LogP contribution >= 0.6 is 0 Å². The maximum absolute atomic E-state index is 12.4. The highest BCUT2D eigenvalue weighted by Crippen LogP contribution is 2.59. The summed E-state index contributed by atoms with van der Waals surface area (Å²) in [6.07, 6.45) is 6.68. The molecule has 3 aliphatic rings. The van der Waals surface area contributed by atoms with Gasteiger partial charge in [-0.05, 0) is 79.2 Å². The quantitative estimate of drug-likeness (QED) is 0.784. The summed E-state index contributed by atoms with van der Waals surface area (Å²) in [7, 11) is -0.385. The average molecular weight is 329 g/mol. The summed E-state index contributed by atoms with van der Waals surface area (Å²) < 4.78 is 5.95. The van der Waals surface area contributed by atoms with Crippen molar-refractivity contribution in [2.24, 2.45) is 17.3 Å². The highest BCUT2D eigenvalue weighted by atomic mass is 28.2. The van der Waals surface area contributed by atoms with Crippen molar-refractivity contribution in [3.8, 4) is 5.75 Å². The van der Waals surface area contributed by atoms with Crippen LogP contribution in [0.15, 0.2) is 18.2 Å². The fraction of sp³-hybridized carbons (Fsp3) is 0.650. The van der Waals surface area contributed by atoms with Crippen LogP contribution in [-0.4, -0.2) is 15.5 Å². The molecule has 3 heteroatoms. The summed E-state index contributed by atoms with van der Waals surface area (Å²) in [6, 6.07) is 8.03. The molecule has 3 aliphatic carbocycles. The van der Waals surface area contributed by atoms with E-state index in [0.29, 0.717) is 17.6 Å². The molecule has 0 aromatic heterocycles. The molecule has 1 aromatic rings. The smallest absolute Gasteiger partial charge is 0.219 e. The zero-order chi connectivity index (χ0) is 16.0. The van der Waals surface area contributed by atoms with Crippen LogP contribution in [0.25, 0.3) is 0 Å². The van der Waals surface area contributed by atoms with E-state index < -0.39 is 0 Å². The Bertz CT molecular complexity index is 626. The van der Waals surface area contributed by atoms with Crippen molar-refractivity contribution >= 4 is 15.5 Å². The van der Waals surface area contributed by atoms with Crippen molar-refractivity contribution in [1.82, 2.24) is 0 Å². The van der Waals surface area contributed by atoms with E-state index in [4.69, 9.17) is 4.43 Å². The number of benzene rings is 1. The Labute approximate surface area is 141 Å². The lowest BCUT2D eigenvalue weighted by Gasteiger charge is -2.48. The molecule has 0 unspecified atom stereocenters. The second-order valence-corrected chi connectivity index (χ2v) is 9.74. The fourth-order valence-electron chi connectivity index (χ4n) is 5.64. The van der Waals surface area contributed by atoms with Gasteiger partial charge in [-0.1, -0.05) is 19.9 Å². The van der Waals surface area contributed by atoms with Crippen molar-refractivity contribution in [3.63, 3.8) is 0 Å². The molecule has 1 aromatic carbocycles. The molecule has 0 aliphatic heterocycles. The third-order valence-electron chi connectivity index (χ3n) is 6.88. The molecule has 0 radical (unpaired) electrons. The predicted octanol–water partition coefficient (Wildman–Crippen LogP) is 4.01. The average Bonchev–Trinajstić information content (AvgIpc) is 2.88. The van der Waals surface area contributed by atoms with Crippen LogP contribution in [0.2, 0.25) is 6.04 Å². The van der Waals surface area contributed by atoms with Gasteiger partial charge in [0.1, 0.15) is 11.5 Å². The maximum atomic E-state index is 12.4. The lowest BCUT2D eigenvalue weighted by atomic mass is 9.55. The molecule has 0 saturated heterocycles. The van der Waals surface area contributed by atoms with Crippen molar-refractivity contribution in [3.05, 3.63) is 29.3 Å². The van der Waals surface area contributed by atoms with Crippen LogP contribution in [0.1, 0.15) is 63.0 Å². The van der Waals surface area contributed by atoms with Gasteiger partial charge in [0.05, 0.1) is 0 Å². The van der Waals surface area contributed by atoms with Gasteiger partial charge in [0.25, 0.3) is 0 Å². The van der Waals surface area contributed by atoms with E-state index in [0.717, 1.165) is 30.9 Å². The van der Waals surface area contributed by atoms with E-state index >= 15 is 0 Å². The van der Waals surface area contributed by atoms with Gasteiger partial charge >= 0.3 is 0 Å². The monoisotopic (exact) mass is 328 g/mol. The molecule has 23 heavy (non-hydrogen) atoms. The van der Waals surface area contributed by atoms with E-state index in [1.807, 2.05) is 0 Å². The van der Waals surface area contributed by atoms with Crippen molar-refractivity contribution in [1.29, 1.82) is 0 Å². The summed E-state index contributed by atoms with van der Waals surface area (Å²) in [6.45, 7) is 4.46. The molecule has 0 spiro atoms. The van der Waals surface area contributed by atoms with E-state index in [2.05, 4.69) is 32.0 Å². The Morgan fingerprint density at radius 1 is 1.26 bits per heavy atom. The minimum Gasteiger partial charge on any atom is -0.549 e. The number of Topliss-reactive ketones (excluding diaryl/α,β-unsaturated/α-hetero) is 1. The summed E-state index contributed by atoms with van der Waals surface area (Å²) in [5.41, 5.74) is 3.07. The molecule has 2 fully saturated rings. The van der Waals surface area contributed by atoms with Crippen molar-refractivity contribution in [2.75, 3.05) is 0 Å². The Kier molecular flexibility index (Phi) is 3.87. The van der Waals surface area contributed by atoms with Crippen molar-refractivity contribution in [2.45, 2.75) is 64.3 Å². The summed E-state index contributed by atoms with van der Waals surface area (Å²) in [5, 5.41) is 0. The predicted molar refractivity (Wildman–Crippen MR) is 95.7 cm³/mol. The zero-order valence-electron chi connectivity index (χ0n) is 14.4. The van der Waals surface area contributed by atoms with Gasteiger partial charge < -0.3 is 4.43 Å². The molecule has 4 rings (SSSR count). The van der Waals surface area contributed by atoms with Gasteiger partial charge in [-0.3, -0.25) is 4.79 Å². The van der Waals surface area contributed by atoms with E-state index in [1.54, 1.807) is 5.56 Å². The third-order valence-corrected chi connectivity index (χ3v) is 7.83. The first-order valence-corrected chi connectivity index (χ1v) is 11.0. The lowest BCUT2D eigenvalue weighted by molar-refractivity contribution is -0.129. The topological polar surface area (TPSA) is 26.3 Å². The molecule has 0 amide bonds. The SMILES string of the molecule is CC[SiH2]Oc1ccc2c(c1)CC[C@@H]1[C@@H]2CC[C@]2(C)C(=O)CC[C@@H]12. The summed E-state index contributed by atoms with van der Waals surface area (Å²) in [4.78, 5) is 12.4. The Hall–Kier alpha value is -1.09. The largest absolute Gasteiger partial charge is 0.549 e. The normalized spacial score (nSPS) is 35.9. The van der Waals surface area contributed by atoms with Crippen LogP contribution in [0.4, 0.5) is 0 Å². The first-order valence-electron chi connectivity index (χ1n) is 9.42. The molecule has 0 bridgehead atoms. The van der Waals surface area contributed by atoms with Gasteiger partial charge in [-0.2, -0.15) is 0 Å². The van der Waals surface area contributed by atoms with Gasteiger partial charge in [0.15, 0.2) is 0 Å². The number of hydrogen-bond acceptors (Lipinski definition) is 2. The van der Waals surface area contributed by atoms with Crippen molar-refractivity contribution < 1.29 is 9.22 Å². The highest BCUT2D eigenvalue weighted by Gasteiger charge is 2.54. The standard InChI is InChI=1S/C20H28O2Si/c1-3-23-22-14-5-7-15-13(12-14)4-6-17-16(15)10-11-20(2)18(17)8-9-19(20)21/h5,7,12,16-18H,3-4,6,8-11,23H2,1-2H3/t16-,17-,18+,20+/m1/s1. The van der Waals surface area contributed by atoms with E-state index in [-0.39, 0.29) is 15.2 Å². The minimum atomic E-state index is -0.385. The van der Waals surface area contributed by atoms with E-state index in [9.17, 15) is 4.79 Å². The number of carbonyl (C=O) groups is 1. The lowest BCUT2D eigenvalue weighted by Crippen LogP contribution is -2.42. The van der Waals surface area contributed by atoms with E-state index in [1.165, 1.54) is 30.9 Å². The van der Waals surface area contributed by atoms with Crippen LogP contribution in [0, 0.1) is 17.3 Å². The van der Waals surface area contributed by atoms with Crippen LogP contribution in [0.5, 0.6) is 5.75 Å². The summed E-state index contributed by atoms with van der Waals surface area (Å²) in [5.74, 6) is 3.67. The van der Waals surface area contributed by atoms with Crippen LogP contribution < -0.4 is 4.43 Å². The number of fused-ring (bicyclic) bond motifs is 5. The van der Waals surface area contributed by atoms with Gasteiger partial charge in [-0.15, -0.1) is 0 Å². The third kappa shape index (κ3) is 2.39. The zero-order valence-corrected chi connectivity index (χ0v) is 15.9. The number of ketones is 1. The number of aryl methyl sites for hydroxylation is 1. The Balaban J connectivity index is 1.61. The molecule has 0 heterocycles. The molecule has 124 valence electrons. The van der Waals surface area contributed by atoms with Gasteiger partial charge in [-0.25, -0.2) is 0 Å².